The Labute approximate surface area is 302 Å². The molecular formula is C44H66N2O4. The van der Waals surface area contributed by atoms with Crippen molar-refractivity contribution in [1.29, 1.82) is 0 Å². The largest absolute Gasteiger partial charge is 0.478 e. The van der Waals surface area contributed by atoms with Crippen LogP contribution in [0.2, 0.25) is 0 Å². The Balaban J connectivity index is 1.23. The van der Waals surface area contributed by atoms with E-state index in [1.807, 2.05) is 32.9 Å². The molecule has 50 heavy (non-hydrogen) atoms. The highest BCUT2D eigenvalue weighted by atomic mass is 16.6. The summed E-state index contributed by atoms with van der Waals surface area (Å²) in [5, 5.41) is 16.6. The van der Waals surface area contributed by atoms with Crippen LogP contribution < -0.4 is 10.6 Å². The van der Waals surface area contributed by atoms with Crippen molar-refractivity contribution in [2.75, 3.05) is 13.1 Å². The van der Waals surface area contributed by atoms with Crippen LogP contribution in [0.15, 0.2) is 42.5 Å². The quantitative estimate of drug-likeness (QED) is 0.187. The molecule has 6 nitrogen and oxygen atoms in total. The van der Waals surface area contributed by atoms with Gasteiger partial charge in [-0.3, -0.25) is 0 Å². The zero-order chi connectivity index (χ0) is 36.5. The van der Waals surface area contributed by atoms with Crippen LogP contribution in [0, 0.1) is 51.2 Å². The lowest BCUT2D eigenvalue weighted by Gasteiger charge is -2.72. The molecule has 5 aliphatic carbocycles. The van der Waals surface area contributed by atoms with Gasteiger partial charge in [-0.05, 0) is 173 Å². The number of alkyl carbamates (subject to hydrolysis) is 1. The number of nitrogens with one attached hydrogen (secondary N) is 2. The maximum absolute atomic E-state index is 12.2. The smallest absolute Gasteiger partial charge is 0.407 e. The van der Waals surface area contributed by atoms with Crippen molar-refractivity contribution in [1.82, 2.24) is 10.6 Å². The fraction of sp³-hybridized carbons (Fsp3) is 0.727. The van der Waals surface area contributed by atoms with Gasteiger partial charge >= 0.3 is 12.1 Å². The number of fused-ring (bicyclic) bond motifs is 7. The Hall–Kier alpha value is -2.60. The van der Waals surface area contributed by atoms with Gasteiger partial charge in [0.15, 0.2) is 0 Å². The number of hydrogen-bond donors (Lipinski definition) is 3. The van der Waals surface area contributed by atoms with Crippen LogP contribution in [-0.4, -0.2) is 41.4 Å². The van der Waals surface area contributed by atoms with Crippen molar-refractivity contribution < 1.29 is 19.4 Å². The minimum absolute atomic E-state index is 0.0112. The molecule has 0 spiro atoms. The van der Waals surface area contributed by atoms with E-state index in [0.29, 0.717) is 41.7 Å². The second kappa shape index (κ2) is 12.8. The standard InChI is InChI=1S/C44H66N2O4/c1-28(2)31-18-23-44(46-27-11-26-45-38(49)50-39(3,4)5)25-24-42(9)33(36(31)44)16-17-35-41(8)21-19-32(29-12-14-30(15-13-29)37(47)48)40(6,7)34(41)20-22-43(35,42)10/h12-15,19,31,33-36,46H,1,11,16-18,20-27H2,2-10H3,(H,45,49)(H,47,48)/t31-,33+,34-,35+,36+,41-,42+,43+,44-/m0/s1. The maximum atomic E-state index is 12.2. The fourth-order valence-electron chi connectivity index (χ4n) is 13.3. The van der Waals surface area contributed by atoms with E-state index >= 15 is 0 Å². The number of amides is 1. The summed E-state index contributed by atoms with van der Waals surface area (Å²) in [6.07, 6.45) is 14.2. The lowest BCUT2D eigenvalue weighted by molar-refractivity contribution is -0.219. The van der Waals surface area contributed by atoms with Gasteiger partial charge in [0, 0.05) is 12.1 Å². The maximum Gasteiger partial charge on any atom is 0.407 e. The number of carbonyl (C=O) groups excluding carboxylic acids is 1. The van der Waals surface area contributed by atoms with Crippen LogP contribution in [0.5, 0.6) is 0 Å². The third kappa shape index (κ3) is 5.97. The number of carboxylic acids is 1. The van der Waals surface area contributed by atoms with E-state index in [4.69, 9.17) is 4.74 Å². The Morgan fingerprint density at radius 2 is 1.60 bits per heavy atom. The first-order valence-corrected chi connectivity index (χ1v) is 19.7. The molecule has 0 saturated heterocycles. The zero-order valence-corrected chi connectivity index (χ0v) is 32.6. The molecule has 0 bridgehead atoms. The molecule has 1 amide bonds. The Morgan fingerprint density at radius 1 is 0.900 bits per heavy atom. The minimum Gasteiger partial charge on any atom is -0.478 e. The van der Waals surface area contributed by atoms with Gasteiger partial charge < -0.3 is 20.5 Å². The van der Waals surface area contributed by atoms with Crippen LogP contribution >= 0.6 is 0 Å². The summed E-state index contributed by atoms with van der Waals surface area (Å²) in [4.78, 5) is 23.8. The van der Waals surface area contributed by atoms with Crippen LogP contribution in [0.1, 0.15) is 142 Å². The molecule has 0 aliphatic heterocycles. The molecule has 276 valence electrons. The van der Waals surface area contributed by atoms with Crippen molar-refractivity contribution >= 4 is 17.6 Å². The highest BCUT2D eigenvalue weighted by molar-refractivity contribution is 5.88. The lowest BCUT2D eigenvalue weighted by atomic mass is 9.33. The summed E-state index contributed by atoms with van der Waals surface area (Å²) >= 11 is 0. The molecule has 0 heterocycles. The van der Waals surface area contributed by atoms with Gasteiger partial charge in [-0.25, -0.2) is 9.59 Å². The van der Waals surface area contributed by atoms with E-state index in [-0.39, 0.29) is 33.3 Å². The fourth-order valence-corrected chi connectivity index (χ4v) is 13.3. The minimum atomic E-state index is -0.868. The van der Waals surface area contributed by atoms with Crippen LogP contribution in [0.25, 0.3) is 5.57 Å². The second-order valence-corrected chi connectivity index (χ2v) is 19.5. The number of carboxylic acid groups (broad SMARTS) is 1. The molecule has 0 radical (unpaired) electrons. The second-order valence-electron chi connectivity index (χ2n) is 19.5. The molecular weight excluding hydrogens is 620 g/mol. The first kappa shape index (κ1) is 37.2. The third-order valence-electron chi connectivity index (χ3n) is 15.6. The van der Waals surface area contributed by atoms with Crippen molar-refractivity contribution in [3.05, 3.63) is 53.6 Å². The van der Waals surface area contributed by atoms with E-state index in [1.54, 1.807) is 12.1 Å². The number of carbonyl (C=O) groups is 2. The van der Waals surface area contributed by atoms with Crippen molar-refractivity contribution in [3.63, 3.8) is 0 Å². The van der Waals surface area contributed by atoms with Crippen LogP contribution in [-0.2, 0) is 4.74 Å². The normalized spacial score (nSPS) is 38.8. The average Bonchev–Trinajstić information content (AvgIpc) is 3.40. The molecule has 4 saturated carbocycles. The summed E-state index contributed by atoms with van der Waals surface area (Å²) in [5.41, 5.74) is 4.73. The van der Waals surface area contributed by atoms with Gasteiger partial charge in [0.1, 0.15) is 5.60 Å². The number of ether oxygens (including phenoxy) is 1. The molecule has 9 atom stereocenters. The molecule has 4 fully saturated rings. The molecule has 1 aromatic rings. The number of allylic oxidation sites excluding steroid dienone is 3. The molecule has 0 unspecified atom stereocenters. The van der Waals surface area contributed by atoms with Crippen molar-refractivity contribution in [3.8, 4) is 0 Å². The Bertz CT molecular complexity index is 1520. The van der Waals surface area contributed by atoms with Crippen LogP contribution in [0.4, 0.5) is 4.79 Å². The van der Waals surface area contributed by atoms with Gasteiger partial charge in [-0.2, -0.15) is 0 Å². The van der Waals surface area contributed by atoms with E-state index in [2.05, 4.69) is 64.8 Å². The number of hydrogen-bond acceptors (Lipinski definition) is 4. The van der Waals surface area contributed by atoms with Crippen molar-refractivity contribution in [2.24, 2.45) is 51.2 Å². The van der Waals surface area contributed by atoms with Crippen LogP contribution in [0.3, 0.4) is 0 Å². The summed E-state index contributed by atoms with van der Waals surface area (Å²) in [6.45, 7) is 27.0. The monoisotopic (exact) mass is 687 g/mol. The highest BCUT2D eigenvalue weighted by Gasteiger charge is 2.70. The number of rotatable bonds is 8. The lowest BCUT2D eigenvalue weighted by Crippen LogP contribution is -2.68. The van der Waals surface area contributed by atoms with Gasteiger partial charge in [0.05, 0.1) is 5.56 Å². The van der Waals surface area contributed by atoms with E-state index in [0.717, 1.165) is 19.4 Å². The topological polar surface area (TPSA) is 87.7 Å². The van der Waals surface area contributed by atoms with Gasteiger partial charge in [-0.15, -0.1) is 0 Å². The number of benzene rings is 1. The van der Waals surface area contributed by atoms with Gasteiger partial charge in [0.25, 0.3) is 0 Å². The van der Waals surface area contributed by atoms with E-state index in [9.17, 15) is 14.7 Å². The highest BCUT2D eigenvalue weighted by Crippen LogP contribution is 2.76. The van der Waals surface area contributed by atoms with Gasteiger partial charge in [0.2, 0.25) is 0 Å². The molecule has 3 N–H and O–H groups in total. The summed E-state index contributed by atoms with van der Waals surface area (Å²) in [7, 11) is 0. The van der Waals surface area contributed by atoms with Gasteiger partial charge in [-0.1, -0.05) is 65.0 Å². The molecule has 5 aliphatic rings. The van der Waals surface area contributed by atoms with Crippen molar-refractivity contribution in [2.45, 2.75) is 138 Å². The summed E-state index contributed by atoms with van der Waals surface area (Å²) < 4.78 is 5.45. The zero-order valence-electron chi connectivity index (χ0n) is 32.6. The average molecular weight is 687 g/mol. The molecule has 1 aromatic carbocycles. The molecule has 6 heteroatoms. The first-order chi connectivity index (χ1) is 23.3. The third-order valence-corrected chi connectivity index (χ3v) is 15.6. The number of aromatic carboxylic acids is 1. The van der Waals surface area contributed by atoms with E-state index < -0.39 is 11.6 Å². The Kier molecular flexibility index (Phi) is 9.52. The Morgan fingerprint density at radius 3 is 2.24 bits per heavy atom. The SMILES string of the molecule is C=C(C)[C@@H]1CC[C@]2(NCCCNC(=O)OC(C)(C)C)CC[C@]3(C)[C@H](CC[C@@H]4[C@@]5(C)CC=C(c6ccc(C(=O)O)cc6)C(C)(C)[C@@H]5CC[C@]43C)[C@@H]12. The summed E-state index contributed by atoms with van der Waals surface area (Å²) in [5.74, 6) is 2.22. The first-order valence-electron chi connectivity index (χ1n) is 19.7. The van der Waals surface area contributed by atoms with E-state index in [1.165, 1.54) is 68.1 Å². The molecule has 6 rings (SSSR count). The predicted octanol–water partition coefficient (Wildman–Crippen LogP) is 10.3. The predicted molar refractivity (Wildman–Crippen MR) is 203 cm³/mol. The molecule has 0 aromatic heterocycles. The summed E-state index contributed by atoms with van der Waals surface area (Å²) in [6, 6.07) is 7.59.